The summed E-state index contributed by atoms with van der Waals surface area (Å²) in [6, 6.07) is 6.66. The topological polar surface area (TPSA) is 92.4 Å². The maximum Gasteiger partial charge on any atom is 0.251 e. The molecule has 1 aliphatic carbocycles. The fourth-order valence-corrected chi connectivity index (χ4v) is 4.62. The highest BCUT2D eigenvalue weighted by atomic mass is 32.2. The smallest absolute Gasteiger partial charge is 0.251 e. The predicted octanol–water partition coefficient (Wildman–Crippen LogP) is 2.77. The molecule has 0 radical (unpaired) electrons. The number of hydrogen-bond acceptors (Lipinski definition) is 5. The van der Waals surface area contributed by atoms with Crippen LogP contribution in [-0.4, -0.2) is 22.7 Å². The Hall–Kier alpha value is -1.99. The molecule has 0 saturated heterocycles. The molecule has 120 valence electrons. The van der Waals surface area contributed by atoms with E-state index in [1.165, 1.54) is 23.1 Å². The van der Waals surface area contributed by atoms with E-state index in [2.05, 4.69) is 5.32 Å². The van der Waals surface area contributed by atoms with Crippen molar-refractivity contribution >= 4 is 39.9 Å². The number of aryl methyl sites for hydroxylation is 1. The van der Waals surface area contributed by atoms with Crippen LogP contribution >= 0.6 is 23.1 Å². The largest absolute Gasteiger partial charge is 0.508 e. The molecule has 0 atom stereocenters. The standard InChI is InChI=1S/C16H16N2O3S2/c17-15(21)14-11-2-1-3-12(11)23-16(14)18-13(20)8-22-10-6-4-9(19)5-7-10/h4-7,19H,1-3,8H2,(H2,17,21)(H,18,20). The zero-order valence-corrected chi connectivity index (χ0v) is 13.9. The molecular formula is C16H16N2O3S2. The Balaban J connectivity index is 1.66. The number of phenolic OH excluding ortho intramolecular Hbond substituents is 1. The molecule has 0 aliphatic heterocycles. The third-order valence-corrected chi connectivity index (χ3v) is 5.85. The summed E-state index contributed by atoms with van der Waals surface area (Å²) in [5.41, 5.74) is 6.96. The van der Waals surface area contributed by atoms with Gasteiger partial charge in [-0.25, -0.2) is 0 Å². The molecule has 0 bridgehead atoms. The van der Waals surface area contributed by atoms with E-state index in [0.29, 0.717) is 10.6 Å². The van der Waals surface area contributed by atoms with Crippen molar-refractivity contribution in [3.8, 4) is 5.75 Å². The van der Waals surface area contributed by atoms with Crippen molar-refractivity contribution in [3.05, 3.63) is 40.3 Å². The summed E-state index contributed by atoms with van der Waals surface area (Å²) in [7, 11) is 0. The second kappa shape index (κ2) is 6.64. The number of rotatable bonds is 5. The quantitative estimate of drug-likeness (QED) is 0.725. The summed E-state index contributed by atoms with van der Waals surface area (Å²) in [6.45, 7) is 0. The van der Waals surface area contributed by atoms with Crippen molar-refractivity contribution in [1.82, 2.24) is 0 Å². The van der Waals surface area contributed by atoms with Gasteiger partial charge in [-0.15, -0.1) is 23.1 Å². The molecule has 2 aromatic rings. The Labute approximate surface area is 141 Å². The van der Waals surface area contributed by atoms with Gasteiger partial charge in [-0.1, -0.05) is 0 Å². The third kappa shape index (κ3) is 3.51. The van der Waals surface area contributed by atoms with Crippen LogP contribution in [0.4, 0.5) is 5.00 Å². The molecule has 7 heteroatoms. The maximum atomic E-state index is 12.1. The summed E-state index contributed by atoms with van der Waals surface area (Å²) >= 11 is 2.82. The Kier molecular flexibility index (Phi) is 4.58. The van der Waals surface area contributed by atoms with Crippen LogP contribution in [-0.2, 0) is 17.6 Å². The van der Waals surface area contributed by atoms with E-state index in [4.69, 9.17) is 5.73 Å². The van der Waals surface area contributed by atoms with E-state index in [0.717, 1.165) is 34.6 Å². The first-order valence-electron chi connectivity index (χ1n) is 7.20. The van der Waals surface area contributed by atoms with E-state index >= 15 is 0 Å². The van der Waals surface area contributed by atoms with Gasteiger partial charge in [0.25, 0.3) is 5.91 Å². The number of thiophene rings is 1. The van der Waals surface area contributed by atoms with Gasteiger partial charge in [-0.05, 0) is 49.1 Å². The Morgan fingerprint density at radius 2 is 2.00 bits per heavy atom. The van der Waals surface area contributed by atoms with E-state index < -0.39 is 5.91 Å². The molecule has 1 aromatic heterocycles. The van der Waals surface area contributed by atoms with Crippen LogP contribution in [0.2, 0.25) is 0 Å². The Morgan fingerprint density at radius 3 is 2.70 bits per heavy atom. The first kappa shape index (κ1) is 15.9. The number of nitrogens with one attached hydrogen (secondary N) is 1. The van der Waals surface area contributed by atoms with E-state index in [1.807, 2.05) is 0 Å². The van der Waals surface area contributed by atoms with Gasteiger partial charge < -0.3 is 16.2 Å². The number of phenols is 1. The van der Waals surface area contributed by atoms with Crippen molar-refractivity contribution < 1.29 is 14.7 Å². The van der Waals surface area contributed by atoms with Crippen molar-refractivity contribution in [3.63, 3.8) is 0 Å². The van der Waals surface area contributed by atoms with Crippen LogP contribution in [0.1, 0.15) is 27.2 Å². The minimum Gasteiger partial charge on any atom is -0.508 e. The molecule has 3 rings (SSSR count). The van der Waals surface area contributed by atoms with Crippen LogP contribution in [0.5, 0.6) is 5.75 Å². The predicted molar refractivity (Wildman–Crippen MR) is 92.3 cm³/mol. The molecule has 0 spiro atoms. The molecule has 23 heavy (non-hydrogen) atoms. The molecular weight excluding hydrogens is 332 g/mol. The fraction of sp³-hybridized carbons (Fsp3) is 0.250. The number of nitrogens with two attached hydrogens (primary N) is 1. The van der Waals surface area contributed by atoms with Gasteiger partial charge in [0.05, 0.1) is 11.3 Å². The Morgan fingerprint density at radius 1 is 1.26 bits per heavy atom. The molecule has 0 unspecified atom stereocenters. The number of amides is 2. The maximum absolute atomic E-state index is 12.1. The van der Waals surface area contributed by atoms with Crippen LogP contribution in [0.3, 0.4) is 0 Å². The van der Waals surface area contributed by atoms with Gasteiger partial charge in [-0.3, -0.25) is 9.59 Å². The lowest BCUT2D eigenvalue weighted by atomic mass is 10.1. The molecule has 1 aromatic carbocycles. The number of aromatic hydroxyl groups is 1. The van der Waals surface area contributed by atoms with Gasteiger partial charge in [0.1, 0.15) is 10.8 Å². The van der Waals surface area contributed by atoms with Crippen LogP contribution in [0.25, 0.3) is 0 Å². The number of anilines is 1. The lowest BCUT2D eigenvalue weighted by Crippen LogP contribution is -2.18. The monoisotopic (exact) mass is 348 g/mol. The van der Waals surface area contributed by atoms with Gasteiger partial charge in [-0.2, -0.15) is 0 Å². The van der Waals surface area contributed by atoms with Crippen LogP contribution in [0, 0.1) is 0 Å². The van der Waals surface area contributed by atoms with Gasteiger partial charge in [0.15, 0.2) is 0 Å². The number of benzene rings is 1. The molecule has 1 aliphatic rings. The van der Waals surface area contributed by atoms with E-state index in [9.17, 15) is 14.7 Å². The summed E-state index contributed by atoms with van der Waals surface area (Å²) in [5, 5.41) is 12.6. The second-order valence-corrected chi connectivity index (χ2v) is 7.41. The summed E-state index contributed by atoms with van der Waals surface area (Å²) < 4.78 is 0. The first-order valence-corrected chi connectivity index (χ1v) is 9.01. The van der Waals surface area contributed by atoms with E-state index in [1.54, 1.807) is 24.3 Å². The first-order chi connectivity index (χ1) is 11.0. The van der Waals surface area contributed by atoms with Crippen LogP contribution < -0.4 is 11.1 Å². The molecule has 0 fully saturated rings. The van der Waals surface area contributed by atoms with Crippen molar-refractivity contribution in [1.29, 1.82) is 0 Å². The number of thioether (sulfide) groups is 1. The summed E-state index contributed by atoms with van der Waals surface area (Å²) in [6.07, 6.45) is 2.83. The van der Waals surface area contributed by atoms with Gasteiger partial charge in [0.2, 0.25) is 5.91 Å². The number of carbonyl (C=O) groups excluding carboxylic acids is 2. The fourth-order valence-electron chi connectivity index (χ4n) is 2.61. The van der Waals surface area contributed by atoms with Crippen molar-refractivity contribution in [2.75, 3.05) is 11.1 Å². The number of primary amides is 1. The number of hydrogen-bond donors (Lipinski definition) is 3. The molecule has 0 saturated carbocycles. The number of fused-ring (bicyclic) bond motifs is 1. The lowest BCUT2D eigenvalue weighted by Gasteiger charge is -2.06. The van der Waals surface area contributed by atoms with Crippen molar-refractivity contribution in [2.24, 2.45) is 5.73 Å². The minimum atomic E-state index is -0.481. The minimum absolute atomic E-state index is 0.175. The van der Waals surface area contributed by atoms with Gasteiger partial charge >= 0.3 is 0 Å². The van der Waals surface area contributed by atoms with Crippen molar-refractivity contribution in [2.45, 2.75) is 24.2 Å². The summed E-state index contributed by atoms with van der Waals surface area (Å²) in [4.78, 5) is 25.9. The Bertz CT molecular complexity index is 753. The molecule has 2 amide bonds. The molecule has 1 heterocycles. The normalized spacial score (nSPS) is 12.9. The van der Waals surface area contributed by atoms with Gasteiger partial charge in [0, 0.05) is 9.77 Å². The summed E-state index contributed by atoms with van der Waals surface area (Å²) in [5.74, 6) is -0.236. The molecule has 4 N–H and O–H groups in total. The molecule has 5 nitrogen and oxygen atoms in total. The number of carbonyl (C=O) groups is 2. The SMILES string of the molecule is NC(=O)c1c(NC(=O)CSc2ccc(O)cc2)sc2c1CCC2. The highest BCUT2D eigenvalue weighted by Crippen LogP contribution is 2.38. The van der Waals surface area contributed by atoms with E-state index in [-0.39, 0.29) is 17.4 Å². The zero-order valence-electron chi connectivity index (χ0n) is 12.3. The lowest BCUT2D eigenvalue weighted by molar-refractivity contribution is -0.113. The average molecular weight is 348 g/mol. The van der Waals surface area contributed by atoms with Crippen LogP contribution in [0.15, 0.2) is 29.2 Å². The highest BCUT2D eigenvalue weighted by Gasteiger charge is 2.26. The highest BCUT2D eigenvalue weighted by molar-refractivity contribution is 8.00. The average Bonchev–Trinajstić information content (AvgIpc) is 3.06. The second-order valence-electron chi connectivity index (χ2n) is 5.26. The third-order valence-electron chi connectivity index (χ3n) is 3.63. The zero-order chi connectivity index (χ0) is 16.4.